The van der Waals surface area contributed by atoms with E-state index in [2.05, 4.69) is 15.3 Å². The summed E-state index contributed by atoms with van der Waals surface area (Å²) < 4.78 is 5.28. The fourth-order valence-electron chi connectivity index (χ4n) is 2.33. The molecule has 3 heterocycles. The Morgan fingerprint density at radius 1 is 1.40 bits per heavy atom. The summed E-state index contributed by atoms with van der Waals surface area (Å²) in [6.45, 7) is 2.68. The van der Waals surface area contributed by atoms with E-state index in [1.54, 1.807) is 19.1 Å². The molecule has 0 saturated carbocycles. The minimum atomic E-state index is -0.464. The van der Waals surface area contributed by atoms with E-state index < -0.39 is 11.8 Å². The van der Waals surface area contributed by atoms with E-state index in [-0.39, 0.29) is 30.6 Å². The van der Waals surface area contributed by atoms with Gasteiger partial charge in [-0.2, -0.15) is 0 Å². The Morgan fingerprint density at radius 2 is 2.16 bits per heavy atom. The molecular formula is C15H15N5O4S. The second-order valence-electron chi connectivity index (χ2n) is 5.36. The number of carbonyl (C=O) groups excluding carboxylic acids is 3. The van der Waals surface area contributed by atoms with Gasteiger partial charge in [0.1, 0.15) is 12.4 Å². The van der Waals surface area contributed by atoms with Crippen LogP contribution in [0.25, 0.3) is 0 Å². The molecule has 2 aromatic heterocycles. The summed E-state index contributed by atoms with van der Waals surface area (Å²) >= 11 is 1.09. The summed E-state index contributed by atoms with van der Waals surface area (Å²) in [4.78, 5) is 45.7. The van der Waals surface area contributed by atoms with Crippen molar-refractivity contribution in [2.45, 2.75) is 13.8 Å². The summed E-state index contributed by atoms with van der Waals surface area (Å²) in [5.74, 6) is -0.192. The van der Waals surface area contributed by atoms with Crippen molar-refractivity contribution in [2.24, 2.45) is 0 Å². The highest BCUT2D eigenvalue weighted by Gasteiger charge is 2.29. The number of nitrogens with one attached hydrogen (secondary N) is 1. The van der Waals surface area contributed by atoms with Crippen molar-refractivity contribution in [3.8, 4) is 5.75 Å². The Balaban J connectivity index is 1.77. The minimum absolute atomic E-state index is 0.118. The number of pyridine rings is 1. The number of nitrogens with two attached hydrogens (primary N) is 1. The number of hydrogen-bond donors (Lipinski definition) is 2. The summed E-state index contributed by atoms with van der Waals surface area (Å²) in [6, 6.07) is 3.15. The highest BCUT2D eigenvalue weighted by molar-refractivity contribution is 7.17. The standard InChI is InChI=1S/C15H15N5O4S/c1-7-13(8(2)21)25-15(17-7)19-11(22)5-20-12(23)6-24-9-3-4-10(16)18-14(9)20/h3-4H,5-6H2,1-2H3,(H2,16,18)(H,17,19,22). The van der Waals surface area contributed by atoms with Crippen molar-refractivity contribution in [3.63, 3.8) is 0 Å². The summed E-state index contributed by atoms with van der Waals surface area (Å²) in [7, 11) is 0. The van der Waals surface area contributed by atoms with E-state index in [4.69, 9.17) is 10.5 Å². The molecule has 0 atom stereocenters. The molecule has 10 heteroatoms. The normalized spacial score (nSPS) is 13.2. The van der Waals surface area contributed by atoms with Gasteiger partial charge < -0.3 is 15.8 Å². The molecule has 0 saturated heterocycles. The van der Waals surface area contributed by atoms with Gasteiger partial charge in [-0.3, -0.25) is 19.3 Å². The van der Waals surface area contributed by atoms with Crippen LogP contribution in [0.2, 0.25) is 0 Å². The number of nitrogens with zero attached hydrogens (tertiary/aromatic N) is 3. The molecule has 2 amide bonds. The number of aryl methyl sites for hydroxylation is 1. The average molecular weight is 361 g/mol. The van der Waals surface area contributed by atoms with Crippen molar-refractivity contribution in [3.05, 3.63) is 22.7 Å². The maximum Gasteiger partial charge on any atom is 0.266 e. The molecule has 0 unspecified atom stereocenters. The van der Waals surface area contributed by atoms with Crippen LogP contribution < -0.4 is 20.7 Å². The third kappa shape index (κ3) is 3.43. The predicted molar refractivity (Wildman–Crippen MR) is 92.0 cm³/mol. The zero-order valence-corrected chi connectivity index (χ0v) is 14.3. The molecule has 3 N–H and O–H groups in total. The first-order valence-corrected chi connectivity index (χ1v) is 8.14. The van der Waals surface area contributed by atoms with E-state index in [1.165, 1.54) is 11.8 Å². The predicted octanol–water partition coefficient (Wildman–Crippen LogP) is 0.995. The van der Waals surface area contributed by atoms with E-state index in [9.17, 15) is 14.4 Å². The smallest absolute Gasteiger partial charge is 0.266 e. The fourth-order valence-corrected chi connectivity index (χ4v) is 3.21. The highest BCUT2D eigenvalue weighted by atomic mass is 32.1. The van der Waals surface area contributed by atoms with Gasteiger partial charge in [-0.1, -0.05) is 11.3 Å². The SMILES string of the molecule is CC(=O)c1sc(NC(=O)CN2C(=O)COc3ccc(N)nc32)nc1C. The Hall–Kier alpha value is -3.01. The van der Waals surface area contributed by atoms with Crippen molar-refractivity contribution >= 4 is 45.7 Å². The number of rotatable bonds is 4. The molecule has 1 aliphatic heterocycles. The van der Waals surface area contributed by atoms with Crippen molar-refractivity contribution < 1.29 is 19.1 Å². The summed E-state index contributed by atoms with van der Waals surface area (Å²) in [6.07, 6.45) is 0. The lowest BCUT2D eigenvalue weighted by Crippen LogP contribution is -2.44. The number of ketones is 1. The van der Waals surface area contributed by atoms with Gasteiger partial charge in [-0.25, -0.2) is 9.97 Å². The monoisotopic (exact) mass is 361 g/mol. The second kappa shape index (κ2) is 6.48. The number of Topliss-reactive ketones (excluding diaryl/α,β-unsaturated/α-hetero) is 1. The first-order chi connectivity index (χ1) is 11.8. The van der Waals surface area contributed by atoms with Gasteiger partial charge in [0.2, 0.25) is 5.91 Å². The molecule has 3 rings (SSSR count). The zero-order chi connectivity index (χ0) is 18.1. The Labute approximate surface area is 146 Å². The number of fused-ring (bicyclic) bond motifs is 1. The Kier molecular flexibility index (Phi) is 4.36. The molecule has 0 aliphatic carbocycles. The molecule has 0 radical (unpaired) electrons. The minimum Gasteiger partial charge on any atom is -0.480 e. The van der Waals surface area contributed by atoms with E-state index in [0.717, 1.165) is 11.3 Å². The molecule has 1 aliphatic rings. The lowest BCUT2D eigenvalue weighted by molar-refractivity contribution is -0.123. The number of nitrogen functional groups attached to an aromatic ring is 1. The Bertz CT molecular complexity index is 879. The lowest BCUT2D eigenvalue weighted by Gasteiger charge is -2.27. The van der Waals surface area contributed by atoms with Crippen molar-refractivity contribution in [1.82, 2.24) is 9.97 Å². The van der Waals surface area contributed by atoms with Crippen LogP contribution in [0.15, 0.2) is 12.1 Å². The molecule has 9 nitrogen and oxygen atoms in total. The van der Waals surface area contributed by atoms with Crippen molar-refractivity contribution in [1.29, 1.82) is 0 Å². The van der Waals surface area contributed by atoms with Gasteiger partial charge in [0.25, 0.3) is 5.91 Å². The van der Waals surface area contributed by atoms with E-state index in [0.29, 0.717) is 21.5 Å². The molecule has 0 spiro atoms. The van der Waals surface area contributed by atoms with Gasteiger partial charge in [0, 0.05) is 6.92 Å². The van der Waals surface area contributed by atoms with Gasteiger partial charge >= 0.3 is 0 Å². The quantitative estimate of drug-likeness (QED) is 0.777. The largest absolute Gasteiger partial charge is 0.480 e. The third-order valence-electron chi connectivity index (χ3n) is 3.43. The molecule has 25 heavy (non-hydrogen) atoms. The Morgan fingerprint density at radius 3 is 2.84 bits per heavy atom. The van der Waals surface area contributed by atoms with Gasteiger partial charge in [0.05, 0.1) is 10.6 Å². The summed E-state index contributed by atoms with van der Waals surface area (Å²) in [5, 5.41) is 2.89. The van der Waals surface area contributed by atoms with Crippen LogP contribution in [0.1, 0.15) is 22.3 Å². The fraction of sp³-hybridized carbons (Fsp3) is 0.267. The van der Waals surface area contributed by atoms with E-state index in [1.807, 2.05) is 0 Å². The second-order valence-corrected chi connectivity index (χ2v) is 6.36. The highest BCUT2D eigenvalue weighted by Crippen LogP contribution is 2.30. The van der Waals surface area contributed by atoms with Crippen molar-refractivity contribution in [2.75, 3.05) is 29.1 Å². The average Bonchev–Trinajstić information content (AvgIpc) is 2.91. The zero-order valence-electron chi connectivity index (χ0n) is 13.5. The van der Waals surface area contributed by atoms with Gasteiger partial charge in [-0.15, -0.1) is 0 Å². The first-order valence-electron chi connectivity index (χ1n) is 7.33. The molecule has 0 fully saturated rings. The maximum atomic E-state index is 12.3. The molecular weight excluding hydrogens is 346 g/mol. The molecule has 0 bridgehead atoms. The topological polar surface area (TPSA) is 128 Å². The number of ether oxygens (including phenoxy) is 1. The molecule has 0 aromatic carbocycles. The van der Waals surface area contributed by atoms with Crippen LogP contribution in [-0.2, 0) is 9.59 Å². The lowest BCUT2D eigenvalue weighted by atomic mass is 10.3. The van der Waals surface area contributed by atoms with Gasteiger partial charge in [0.15, 0.2) is 29.1 Å². The maximum absolute atomic E-state index is 12.3. The number of aromatic nitrogens is 2. The third-order valence-corrected chi connectivity index (χ3v) is 4.61. The first kappa shape index (κ1) is 16.8. The van der Waals surface area contributed by atoms with Crippen LogP contribution in [0, 0.1) is 6.92 Å². The number of hydrogen-bond acceptors (Lipinski definition) is 8. The number of amides is 2. The number of anilines is 3. The van der Waals surface area contributed by atoms with Gasteiger partial charge in [-0.05, 0) is 19.1 Å². The summed E-state index contributed by atoms with van der Waals surface area (Å²) in [5.41, 5.74) is 6.20. The van der Waals surface area contributed by atoms with Crippen LogP contribution in [0.3, 0.4) is 0 Å². The van der Waals surface area contributed by atoms with Crippen LogP contribution >= 0.6 is 11.3 Å². The molecule has 130 valence electrons. The van der Waals surface area contributed by atoms with E-state index >= 15 is 0 Å². The van der Waals surface area contributed by atoms with Crippen LogP contribution in [0.5, 0.6) is 5.75 Å². The van der Waals surface area contributed by atoms with Crippen LogP contribution in [-0.4, -0.2) is 40.7 Å². The van der Waals surface area contributed by atoms with Crippen LogP contribution in [0.4, 0.5) is 16.8 Å². The molecule has 2 aromatic rings. The number of carbonyl (C=O) groups is 3. The number of thiazole rings is 1.